The summed E-state index contributed by atoms with van der Waals surface area (Å²) >= 11 is 5.58. The maximum absolute atomic E-state index is 10.8. The van der Waals surface area contributed by atoms with Gasteiger partial charge in [-0.15, -0.1) is 0 Å². The van der Waals surface area contributed by atoms with Crippen molar-refractivity contribution in [2.45, 2.75) is 6.92 Å². The van der Waals surface area contributed by atoms with Crippen LogP contribution >= 0.6 is 11.6 Å². The van der Waals surface area contributed by atoms with Crippen LogP contribution in [0.25, 0.3) is 0 Å². The number of amides is 1. The Morgan fingerprint density at radius 1 is 1.71 bits per heavy atom. The third kappa shape index (κ3) is 2.53. The van der Waals surface area contributed by atoms with Crippen molar-refractivity contribution in [3.63, 3.8) is 0 Å². The van der Waals surface area contributed by atoms with E-state index in [9.17, 15) is 20.0 Å². The number of carbonyl (C=O) groups excluding carboxylic acids is 1. The zero-order valence-corrected chi connectivity index (χ0v) is 9.47. The van der Waals surface area contributed by atoms with Gasteiger partial charge in [0.2, 0.25) is 5.82 Å². The number of hydrogen-bond donors (Lipinski definition) is 1. The molecule has 8 nitrogen and oxygen atoms in total. The summed E-state index contributed by atoms with van der Waals surface area (Å²) in [5.74, 6) is -0.447. The Kier molecular flexibility index (Phi) is 3.69. The minimum absolute atomic E-state index is 0.0387. The summed E-state index contributed by atoms with van der Waals surface area (Å²) < 4.78 is 0. The van der Waals surface area contributed by atoms with Crippen LogP contribution < -0.4 is 15.7 Å². The fourth-order valence-electron chi connectivity index (χ4n) is 1.30. The molecule has 0 unspecified atom stereocenters. The molecule has 0 saturated carbocycles. The third-order valence-electron chi connectivity index (χ3n) is 1.98. The van der Waals surface area contributed by atoms with Gasteiger partial charge in [-0.1, -0.05) is 11.6 Å². The molecule has 0 bridgehead atoms. The number of halogens is 1. The Hall–Kier alpha value is -2.09. The number of rotatable bonds is 3. The summed E-state index contributed by atoms with van der Waals surface area (Å²) in [7, 11) is 0. The van der Waals surface area contributed by atoms with Crippen LogP contribution in [0.1, 0.15) is 6.92 Å². The van der Waals surface area contributed by atoms with Gasteiger partial charge in [-0.05, 0) is 6.92 Å². The molecule has 2 N–H and O–H groups in total. The van der Waals surface area contributed by atoms with E-state index in [0.29, 0.717) is 4.90 Å². The molecule has 1 aromatic heterocycles. The summed E-state index contributed by atoms with van der Waals surface area (Å²) in [4.78, 5) is 24.9. The first-order valence-corrected chi connectivity index (χ1v) is 4.85. The number of carboxylic acid groups (broad SMARTS) is 1. The van der Waals surface area contributed by atoms with Gasteiger partial charge in [0.15, 0.2) is 0 Å². The fraction of sp³-hybridized carbons (Fsp3) is 0.250. The van der Waals surface area contributed by atoms with E-state index in [0.717, 1.165) is 6.07 Å². The molecule has 1 amide bonds. The van der Waals surface area contributed by atoms with Gasteiger partial charge >= 0.3 is 5.69 Å². The van der Waals surface area contributed by atoms with Gasteiger partial charge in [0.25, 0.3) is 0 Å². The van der Waals surface area contributed by atoms with Gasteiger partial charge in [0.1, 0.15) is 16.9 Å². The second-order valence-corrected chi connectivity index (χ2v) is 3.35. The van der Waals surface area contributed by atoms with Crippen LogP contribution in [0.2, 0.25) is 5.15 Å². The molecule has 1 heterocycles. The lowest BCUT2D eigenvalue weighted by atomic mass is 10.3. The van der Waals surface area contributed by atoms with E-state index in [-0.39, 0.29) is 17.4 Å². The lowest BCUT2D eigenvalue weighted by molar-refractivity contribution is -0.383. The summed E-state index contributed by atoms with van der Waals surface area (Å²) in [6.07, 6.45) is -1.59. The topological polar surface area (TPSA) is 125 Å². The van der Waals surface area contributed by atoms with E-state index in [1.165, 1.54) is 6.92 Å². The Labute approximate surface area is 101 Å². The van der Waals surface area contributed by atoms with Gasteiger partial charge in [0, 0.05) is 12.6 Å². The van der Waals surface area contributed by atoms with Crippen LogP contribution in [-0.2, 0) is 0 Å². The molecular weight excluding hydrogens is 252 g/mol. The molecule has 0 aliphatic heterocycles. The van der Waals surface area contributed by atoms with Crippen molar-refractivity contribution in [2.75, 3.05) is 17.2 Å². The van der Waals surface area contributed by atoms with Crippen LogP contribution in [0.5, 0.6) is 0 Å². The first kappa shape index (κ1) is 13.0. The largest absolute Gasteiger partial charge is 0.530 e. The molecule has 0 fully saturated rings. The van der Waals surface area contributed by atoms with Crippen molar-refractivity contribution in [1.82, 2.24) is 4.98 Å². The summed E-state index contributed by atoms with van der Waals surface area (Å²) in [5, 5.41) is 21.5. The standard InChI is InChI=1S/C8H9ClN4O4/c1-2-12(8(14)15)4-3-5(9)11-7(10)6(4)13(16)17/h3H,2H2,1H3,(H2,10,11)(H,14,15)/p-1. The smallest absolute Gasteiger partial charge is 0.334 e. The molecule has 0 aliphatic rings. The molecule has 17 heavy (non-hydrogen) atoms. The van der Waals surface area contributed by atoms with Crippen molar-refractivity contribution in [3.8, 4) is 0 Å². The zero-order valence-electron chi connectivity index (χ0n) is 8.71. The van der Waals surface area contributed by atoms with Crippen LogP contribution in [0, 0.1) is 10.1 Å². The van der Waals surface area contributed by atoms with E-state index in [1.54, 1.807) is 0 Å². The number of carbonyl (C=O) groups is 1. The number of aromatic nitrogens is 1. The highest BCUT2D eigenvalue weighted by molar-refractivity contribution is 6.30. The molecule has 0 saturated heterocycles. The minimum atomic E-state index is -1.59. The third-order valence-corrected chi connectivity index (χ3v) is 2.17. The molecular formula is C8H8ClN4O4-. The predicted octanol–water partition coefficient (Wildman–Crippen LogP) is 0.395. The monoisotopic (exact) mass is 259 g/mol. The lowest BCUT2D eigenvalue weighted by Crippen LogP contribution is -2.41. The number of nitrogens with zero attached hydrogens (tertiary/aromatic N) is 3. The molecule has 0 aliphatic carbocycles. The van der Waals surface area contributed by atoms with E-state index in [1.807, 2.05) is 0 Å². The fourth-order valence-corrected chi connectivity index (χ4v) is 1.50. The molecule has 0 spiro atoms. The highest BCUT2D eigenvalue weighted by atomic mass is 35.5. The van der Waals surface area contributed by atoms with Crippen LogP contribution in [-0.4, -0.2) is 22.5 Å². The minimum Gasteiger partial charge on any atom is -0.530 e. The van der Waals surface area contributed by atoms with Gasteiger partial charge in [-0.25, -0.2) is 4.98 Å². The Morgan fingerprint density at radius 3 is 2.71 bits per heavy atom. The number of anilines is 2. The molecule has 0 aromatic carbocycles. The van der Waals surface area contributed by atoms with Crippen LogP contribution in [0.3, 0.4) is 0 Å². The maximum Gasteiger partial charge on any atom is 0.334 e. The first-order chi connectivity index (χ1) is 7.88. The second kappa shape index (κ2) is 4.83. The summed E-state index contributed by atoms with van der Waals surface area (Å²) in [6, 6.07) is 1.05. The van der Waals surface area contributed by atoms with E-state index >= 15 is 0 Å². The summed E-state index contributed by atoms with van der Waals surface area (Å²) in [6.45, 7) is 1.45. The van der Waals surface area contributed by atoms with Gasteiger partial charge in [-0.3, -0.25) is 10.1 Å². The highest BCUT2D eigenvalue weighted by Gasteiger charge is 2.25. The number of pyridine rings is 1. The number of nitrogen functional groups attached to an aromatic ring is 1. The van der Waals surface area contributed by atoms with Gasteiger partial charge in [0.05, 0.1) is 4.92 Å². The summed E-state index contributed by atoms with van der Waals surface area (Å²) in [5.41, 5.74) is 4.47. The van der Waals surface area contributed by atoms with Crippen LogP contribution in [0.4, 0.5) is 22.0 Å². The number of hydrogen-bond acceptors (Lipinski definition) is 6. The van der Waals surface area contributed by atoms with Crippen molar-refractivity contribution in [1.29, 1.82) is 0 Å². The van der Waals surface area contributed by atoms with Crippen molar-refractivity contribution in [3.05, 3.63) is 21.3 Å². The normalized spacial score (nSPS) is 10.0. The first-order valence-electron chi connectivity index (χ1n) is 4.47. The molecule has 0 radical (unpaired) electrons. The Morgan fingerprint density at radius 2 is 2.29 bits per heavy atom. The van der Waals surface area contributed by atoms with Crippen molar-refractivity contribution < 1.29 is 14.8 Å². The molecule has 1 rings (SSSR count). The Bertz CT molecular complexity index is 479. The quantitative estimate of drug-likeness (QED) is 0.475. The zero-order chi connectivity index (χ0) is 13.2. The lowest BCUT2D eigenvalue weighted by Gasteiger charge is -2.23. The number of nitro groups is 1. The maximum atomic E-state index is 10.8. The van der Waals surface area contributed by atoms with Gasteiger partial charge in [-0.2, -0.15) is 0 Å². The molecule has 1 aromatic rings. The SMILES string of the molecule is CCN(C(=O)[O-])c1cc(Cl)nc(N)c1[N+](=O)[O-]. The van der Waals surface area contributed by atoms with Gasteiger partial charge < -0.3 is 20.5 Å². The average Bonchev–Trinajstić information content (AvgIpc) is 2.15. The highest BCUT2D eigenvalue weighted by Crippen LogP contribution is 2.34. The average molecular weight is 260 g/mol. The molecule has 0 atom stereocenters. The van der Waals surface area contributed by atoms with E-state index in [2.05, 4.69) is 4.98 Å². The van der Waals surface area contributed by atoms with Crippen molar-refractivity contribution in [2.24, 2.45) is 0 Å². The number of nitrogens with two attached hydrogens (primary N) is 1. The second-order valence-electron chi connectivity index (χ2n) is 2.97. The molecule has 92 valence electrons. The van der Waals surface area contributed by atoms with E-state index < -0.39 is 22.5 Å². The van der Waals surface area contributed by atoms with E-state index in [4.69, 9.17) is 17.3 Å². The predicted molar refractivity (Wildman–Crippen MR) is 58.7 cm³/mol. The van der Waals surface area contributed by atoms with Crippen molar-refractivity contribution >= 4 is 34.9 Å². The van der Waals surface area contributed by atoms with Crippen LogP contribution in [0.15, 0.2) is 6.07 Å². The Balaban J connectivity index is 3.49. The molecule has 9 heteroatoms.